The van der Waals surface area contributed by atoms with Crippen LogP contribution < -0.4 is 5.32 Å². The Bertz CT molecular complexity index is 1240. The molecule has 4 nitrogen and oxygen atoms in total. The summed E-state index contributed by atoms with van der Waals surface area (Å²) in [5.41, 5.74) is 5.35. The normalized spacial score (nSPS) is 11.4. The number of aromatic nitrogens is 1. The second-order valence-electron chi connectivity index (χ2n) is 8.73. The molecule has 3 aromatic carbocycles. The van der Waals surface area contributed by atoms with E-state index in [4.69, 9.17) is 21.3 Å². The van der Waals surface area contributed by atoms with Gasteiger partial charge < -0.3 is 4.74 Å². The molecule has 0 unspecified atom stereocenters. The van der Waals surface area contributed by atoms with Gasteiger partial charge >= 0.3 is 6.09 Å². The fourth-order valence-electron chi connectivity index (χ4n) is 3.44. The van der Waals surface area contributed by atoms with Gasteiger partial charge in [0.2, 0.25) is 0 Å². The van der Waals surface area contributed by atoms with E-state index in [-0.39, 0.29) is 12.0 Å². The highest BCUT2D eigenvalue weighted by Gasteiger charge is 2.14. The Balaban J connectivity index is 1.52. The zero-order chi connectivity index (χ0) is 22.7. The lowest BCUT2D eigenvalue weighted by atomic mass is 9.87. The van der Waals surface area contributed by atoms with E-state index < -0.39 is 6.09 Å². The van der Waals surface area contributed by atoms with Crippen LogP contribution >= 0.6 is 11.6 Å². The van der Waals surface area contributed by atoms with Crippen LogP contribution in [0.1, 0.15) is 31.9 Å². The summed E-state index contributed by atoms with van der Waals surface area (Å²) in [6.45, 7) is 6.71. The molecule has 1 amide bonds. The molecule has 1 N–H and O–H groups in total. The highest BCUT2D eigenvalue weighted by molar-refractivity contribution is 6.30. The SMILES string of the molecule is CC(C)(C)c1ccc(COC(=O)Nc2cc(-c3ccc(Cl)cc3)nc3ccccc23)cc1. The number of rotatable bonds is 4. The minimum Gasteiger partial charge on any atom is -0.444 e. The minimum atomic E-state index is -0.511. The Hall–Kier alpha value is -3.37. The predicted octanol–water partition coefficient (Wildman–Crippen LogP) is 7.60. The van der Waals surface area contributed by atoms with Crippen molar-refractivity contribution < 1.29 is 9.53 Å². The second kappa shape index (κ2) is 9.01. The van der Waals surface area contributed by atoms with Crippen molar-refractivity contribution in [3.63, 3.8) is 0 Å². The van der Waals surface area contributed by atoms with Crippen LogP contribution in [0.4, 0.5) is 10.5 Å². The quantitative estimate of drug-likeness (QED) is 0.352. The Morgan fingerprint density at radius 3 is 2.34 bits per heavy atom. The van der Waals surface area contributed by atoms with E-state index >= 15 is 0 Å². The van der Waals surface area contributed by atoms with E-state index in [1.165, 1.54) is 5.56 Å². The third kappa shape index (κ3) is 5.09. The number of hydrogen-bond acceptors (Lipinski definition) is 3. The first-order valence-corrected chi connectivity index (χ1v) is 10.9. The number of anilines is 1. The van der Waals surface area contributed by atoms with E-state index in [0.717, 1.165) is 27.7 Å². The molecule has 162 valence electrons. The molecule has 32 heavy (non-hydrogen) atoms. The summed E-state index contributed by atoms with van der Waals surface area (Å²) in [5, 5.41) is 4.39. The third-order valence-electron chi connectivity index (χ3n) is 5.28. The van der Waals surface area contributed by atoms with Gasteiger partial charge in [-0.2, -0.15) is 0 Å². The summed E-state index contributed by atoms with van der Waals surface area (Å²) < 4.78 is 5.48. The average molecular weight is 445 g/mol. The van der Waals surface area contributed by atoms with E-state index in [1.54, 1.807) is 0 Å². The lowest BCUT2D eigenvalue weighted by molar-refractivity contribution is 0.155. The van der Waals surface area contributed by atoms with Crippen LogP contribution in [-0.4, -0.2) is 11.1 Å². The van der Waals surface area contributed by atoms with E-state index in [9.17, 15) is 4.79 Å². The van der Waals surface area contributed by atoms with Crippen LogP contribution in [0.5, 0.6) is 0 Å². The molecule has 0 aliphatic carbocycles. The predicted molar refractivity (Wildman–Crippen MR) is 131 cm³/mol. The zero-order valence-electron chi connectivity index (χ0n) is 18.4. The van der Waals surface area contributed by atoms with Crippen molar-refractivity contribution >= 4 is 34.3 Å². The van der Waals surface area contributed by atoms with Gasteiger partial charge in [0.1, 0.15) is 6.61 Å². The summed E-state index contributed by atoms with van der Waals surface area (Å²) in [4.78, 5) is 17.3. The maximum Gasteiger partial charge on any atom is 0.411 e. The Kier molecular flexibility index (Phi) is 6.15. The van der Waals surface area contributed by atoms with Crippen molar-refractivity contribution in [3.05, 3.63) is 95.0 Å². The molecular formula is C27H25ClN2O2. The number of nitrogens with one attached hydrogen (secondary N) is 1. The lowest BCUT2D eigenvalue weighted by Crippen LogP contribution is -2.14. The summed E-state index contributed by atoms with van der Waals surface area (Å²) in [5.74, 6) is 0. The monoisotopic (exact) mass is 444 g/mol. The van der Waals surface area contributed by atoms with Crippen LogP contribution in [0.3, 0.4) is 0 Å². The summed E-state index contributed by atoms with van der Waals surface area (Å²) >= 11 is 6.02. The van der Waals surface area contributed by atoms with Crippen molar-refractivity contribution in [2.24, 2.45) is 0 Å². The Morgan fingerprint density at radius 1 is 0.969 bits per heavy atom. The van der Waals surface area contributed by atoms with Crippen molar-refractivity contribution in [3.8, 4) is 11.3 Å². The van der Waals surface area contributed by atoms with Gasteiger partial charge in [0.05, 0.1) is 16.9 Å². The number of para-hydroxylation sites is 1. The lowest BCUT2D eigenvalue weighted by Gasteiger charge is -2.19. The number of carbonyl (C=O) groups excluding carboxylic acids is 1. The molecule has 0 spiro atoms. The topological polar surface area (TPSA) is 51.2 Å². The largest absolute Gasteiger partial charge is 0.444 e. The highest BCUT2D eigenvalue weighted by Crippen LogP contribution is 2.29. The minimum absolute atomic E-state index is 0.0843. The summed E-state index contributed by atoms with van der Waals surface area (Å²) in [6, 6.07) is 25.1. The van der Waals surface area contributed by atoms with Gasteiger partial charge in [-0.15, -0.1) is 0 Å². The maximum atomic E-state index is 12.6. The first-order chi connectivity index (χ1) is 15.3. The molecule has 0 bridgehead atoms. The molecule has 0 atom stereocenters. The molecule has 0 fully saturated rings. The molecule has 0 saturated carbocycles. The van der Waals surface area contributed by atoms with Crippen LogP contribution in [-0.2, 0) is 16.8 Å². The first-order valence-electron chi connectivity index (χ1n) is 10.5. The van der Waals surface area contributed by atoms with Crippen molar-refractivity contribution in [1.82, 2.24) is 4.98 Å². The number of fused-ring (bicyclic) bond motifs is 1. The molecule has 1 heterocycles. The number of hydrogen-bond donors (Lipinski definition) is 1. The van der Waals surface area contributed by atoms with Crippen LogP contribution in [0.2, 0.25) is 5.02 Å². The van der Waals surface area contributed by atoms with Gasteiger partial charge in [-0.05, 0) is 40.8 Å². The third-order valence-corrected chi connectivity index (χ3v) is 5.53. The van der Waals surface area contributed by atoms with E-state index in [0.29, 0.717) is 10.7 Å². The fourth-order valence-corrected chi connectivity index (χ4v) is 3.57. The number of ether oxygens (including phenoxy) is 1. The van der Waals surface area contributed by atoms with Gasteiger partial charge in [0, 0.05) is 16.0 Å². The maximum absolute atomic E-state index is 12.6. The molecule has 0 aliphatic rings. The van der Waals surface area contributed by atoms with Gasteiger partial charge in [-0.3, -0.25) is 5.32 Å². The molecule has 4 aromatic rings. The van der Waals surface area contributed by atoms with Gasteiger partial charge in [-0.1, -0.05) is 87.0 Å². The molecule has 5 heteroatoms. The number of halogens is 1. The Labute approximate surface area is 193 Å². The molecule has 0 aliphatic heterocycles. The summed E-state index contributed by atoms with van der Waals surface area (Å²) in [6.07, 6.45) is -0.511. The fraction of sp³-hybridized carbons (Fsp3) is 0.185. The van der Waals surface area contributed by atoms with Crippen LogP contribution in [0, 0.1) is 0 Å². The number of nitrogens with zero attached hydrogens (tertiary/aromatic N) is 1. The van der Waals surface area contributed by atoms with Crippen LogP contribution in [0.15, 0.2) is 78.9 Å². The van der Waals surface area contributed by atoms with E-state index in [2.05, 4.69) is 38.2 Å². The molecule has 0 saturated heterocycles. The van der Waals surface area contributed by atoms with Crippen LogP contribution in [0.25, 0.3) is 22.2 Å². The van der Waals surface area contributed by atoms with Crippen molar-refractivity contribution in [2.75, 3.05) is 5.32 Å². The number of benzene rings is 3. The summed E-state index contributed by atoms with van der Waals surface area (Å²) in [7, 11) is 0. The molecule has 4 rings (SSSR count). The standard InChI is InChI=1S/C27H25ClN2O2/c1-27(2,3)20-12-8-18(9-13-20)17-32-26(31)30-25-16-24(19-10-14-21(28)15-11-19)29-23-7-5-4-6-22(23)25/h4-16H,17H2,1-3H3,(H,29,30,31). The smallest absolute Gasteiger partial charge is 0.411 e. The second-order valence-corrected chi connectivity index (χ2v) is 9.16. The number of carbonyl (C=O) groups is 1. The van der Waals surface area contributed by atoms with Crippen molar-refractivity contribution in [2.45, 2.75) is 32.8 Å². The number of pyridine rings is 1. The molecule has 0 radical (unpaired) electrons. The first kappa shape index (κ1) is 21.8. The van der Waals surface area contributed by atoms with E-state index in [1.807, 2.05) is 66.7 Å². The van der Waals surface area contributed by atoms with Gasteiger partial charge in [0.15, 0.2) is 0 Å². The molecule has 1 aromatic heterocycles. The molecular weight excluding hydrogens is 420 g/mol. The highest BCUT2D eigenvalue weighted by atomic mass is 35.5. The zero-order valence-corrected chi connectivity index (χ0v) is 19.1. The average Bonchev–Trinajstić information content (AvgIpc) is 2.78. The van der Waals surface area contributed by atoms with Gasteiger partial charge in [-0.25, -0.2) is 9.78 Å². The number of amides is 1. The van der Waals surface area contributed by atoms with Gasteiger partial charge in [0.25, 0.3) is 0 Å². The Morgan fingerprint density at radius 2 is 1.66 bits per heavy atom. The van der Waals surface area contributed by atoms with Crippen molar-refractivity contribution in [1.29, 1.82) is 0 Å².